The summed E-state index contributed by atoms with van der Waals surface area (Å²) >= 11 is 0. The predicted molar refractivity (Wildman–Crippen MR) is 68.3 cm³/mol. The second-order valence-electron chi connectivity index (χ2n) is 3.92. The van der Waals surface area contributed by atoms with Crippen LogP contribution in [0.5, 0.6) is 11.5 Å². The molecule has 1 heterocycles. The molecule has 0 saturated carbocycles. The third-order valence-corrected chi connectivity index (χ3v) is 2.74. The lowest BCUT2D eigenvalue weighted by molar-refractivity contribution is 0.405. The summed E-state index contributed by atoms with van der Waals surface area (Å²) in [5.74, 6) is -0.343. The molecule has 1 aromatic heterocycles. The fourth-order valence-electron chi connectivity index (χ4n) is 1.82. The molecule has 0 atom stereocenters. The number of nitrogens with zero attached hydrogens (tertiary/aromatic N) is 2. The molecule has 2 aromatic carbocycles. The van der Waals surface area contributed by atoms with Gasteiger partial charge in [0, 0.05) is 5.56 Å². The maximum Gasteiger partial charge on any atom is 0.167 e. The summed E-state index contributed by atoms with van der Waals surface area (Å²) < 4.78 is 0. The van der Waals surface area contributed by atoms with Crippen LogP contribution < -0.4 is 0 Å². The van der Waals surface area contributed by atoms with Gasteiger partial charge >= 0.3 is 0 Å². The standard InChI is InChI=1S/C14H10N2O2/c17-13-7-3-4-9(14(13)18)12-8-15-10-5-1-2-6-11(10)16-12/h1-8,17-18H. The smallest absolute Gasteiger partial charge is 0.167 e. The summed E-state index contributed by atoms with van der Waals surface area (Å²) in [7, 11) is 0. The van der Waals surface area contributed by atoms with Crippen LogP contribution in [0, 0.1) is 0 Å². The monoisotopic (exact) mass is 238 g/mol. The Balaban J connectivity index is 2.22. The van der Waals surface area contributed by atoms with Crippen LogP contribution in [0.15, 0.2) is 48.7 Å². The maximum absolute atomic E-state index is 9.81. The highest BCUT2D eigenvalue weighted by atomic mass is 16.3. The predicted octanol–water partition coefficient (Wildman–Crippen LogP) is 2.71. The molecule has 0 aliphatic carbocycles. The number of aromatic nitrogens is 2. The molecule has 0 saturated heterocycles. The maximum atomic E-state index is 9.81. The van der Waals surface area contributed by atoms with Crippen molar-refractivity contribution in [2.24, 2.45) is 0 Å². The number of hydrogen-bond acceptors (Lipinski definition) is 4. The van der Waals surface area contributed by atoms with Gasteiger partial charge in [-0.2, -0.15) is 0 Å². The Morgan fingerprint density at radius 2 is 1.61 bits per heavy atom. The molecule has 3 aromatic rings. The normalized spacial score (nSPS) is 10.7. The van der Waals surface area contributed by atoms with Crippen LogP contribution in [-0.2, 0) is 0 Å². The van der Waals surface area contributed by atoms with E-state index in [0.29, 0.717) is 11.3 Å². The third-order valence-electron chi connectivity index (χ3n) is 2.74. The molecule has 0 amide bonds. The highest BCUT2D eigenvalue weighted by Gasteiger charge is 2.10. The van der Waals surface area contributed by atoms with Gasteiger partial charge in [0.2, 0.25) is 0 Å². The zero-order valence-electron chi connectivity index (χ0n) is 9.41. The van der Waals surface area contributed by atoms with Crippen LogP contribution in [0.2, 0.25) is 0 Å². The molecular formula is C14H10N2O2. The minimum absolute atomic E-state index is 0.164. The van der Waals surface area contributed by atoms with E-state index >= 15 is 0 Å². The van der Waals surface area contributed by atoms with Gasteiger partial charge in [0.15, 0.2) is 11.5 Å². The minimum Gasteiger partial charge on any atom is -0.504 e. The molecule has 4 nitrogen and oxygen atoms in total. The van der Waals surface area contributed by atoms with Gasteiger partial charge in [0.25, 0.3) is 0 Å². The number of phenols is 2. The average molecular weight is 238 g/mol. The summed E-state index contributed by atoms with van der Waals surface area (Å²) in [5, 5.41) is 19.3. The Hall–Kier alpha value is -2.62. The molecule has 0 aliphatic rings. The summed E-state index contributed by atoms with van der Waals surface area (Å²) in [6.07, 6.45) is 1.58. The number of fused-ring (bicyclic) bond motifs is 1. The van der Waals surface area contributed by atoms with E-state index in [9.17, 15) is 10.2 Å². The van der Waals surface area contributed by atoms with Crippen molar-refractivity contribution in [2.45, 2.75) is 0 Å². The molecule has 3 rings (SSSR count). The van der Waals surface area contributed by atoms with E-state index in [0.717, 1.165) is 11.0 Å². The quantitative estimate of drug-likeness (QED) is 0.640. The van der Waals surface area contributed by atoms with Crippen LogP contribution in [0.1, 0.15) is 0 Å². The van der Waals surface area contributed by atoms with Crippen LogP contribution in [-0.4, -0.2) is 20.2 Å². The van der Waals surface area contributed by atoms with Gasteiger partial charge in [-0.3, -0.25) is 4.98 Å². The number of rotatable bonds is 1. The molecule has 4 heteroatoms. The Morgan fingerprint density at radius 3 is 2.44 bits per heavy atom. The Kier molecular flexibility index (Phi) is 2.34. The first kappa shape index (κ1) is 10.5. The Bertz CT molecular complexity index is 726. The average Bonchev–Trinajstić information content (AvgIpc) is 2.41. The number of benzene rings is 2. The fraction of sp³-hybridized carbons (Fsp3) is 0. The molecule has 0 radical (unpaired) electrons. The van der Waals surface area contributed by atoms with Crippen molar-refractivity contribution in [2.75, 3.05) is 0 Å². The van der Waals surface area contributed by atoms with Crippen molar-refractivity contribution in [3.63, 3.8) is 0 Å². The van der Waals surface area contributed by atoms with Crippen LogP contribution in [0.3, 0.4) is 0 Å². The van der Waals surface area contributed by atoms with Crippen LogP contribution in [0.4, 0.5) is 0 Å². The van der Waals surface area contributed by atoms with Gasteiger partial charge in [-0.15, -0.1) is 0 Å². The van der Waals surface area contributed by atoms with Gasteiger partial charge in [-0.25, -0.2) is 4.98 Å². The van der Waals surface area contributed by atoms with E-state index in [2.05, 4.69) is 9.97 Å². The Morgan fingerprint density at radius 1 is 0.833 bits per heavy atom. The van der Waals surface area contributed by atoms with E-state index in [1.165, 1.54) is 6.07 Å². The third kappa shape index (κ3) is 1.64. The van der Waals surface area contributed by atoms with Gasteiger partial charge in [-0.05, 0) is 24.3 Å². The molecular weight excluding hydrogens is 228 g/mol. The zero-order valence-corrected chi connectivity index (χ0v) is 9.41. The van der Waals surface area contributed by atoms with Crippen molar-refractivity contribution in [1.82, 2.24) is 9.97 Å². The second kappa shape index (κ2) is 4.00. The van der Waals surface area contributed by atoms with Gasteiger partial charge in [0.05, 0.1) is 22.9 Å². The van der Waals surface area contributed by atoms with E-state index in [1.807, 2.05) is 24.3 Å². The molecule has 0 spiro atoms. The van der Waals surface area contributed by atoms with Crippen molar-refractivity contribution < 1.29 is 10.2 Å². The van der Waals surface area contributed by atoms with E-state index in [-0.39, 0.29) is 11.5 Å². The lowest BCUT2D eigenvalue weighted by Gasteiger charge is -2.06. The summed E-state index contributed by atoms with van der Waals surface area (Å²) in [6, 6.07) is 12.3. The summed E-state index contributed by atoms with van der Waals surface area (Å²) in [5.41, 5.74) is 2.54. The molecule has 0 aliphatic heterocycles. The molecule has 0 fully saturated rings. The Labute approximate surface area is 103 Å². The zero-order chi connectivity index (χ0) is 12.5. The number of aromatic hydroxyl groups is 2. The first-order chi connectivity index (χ1) is 8.75. The van der Waals surface area contributed by atoms with Crippen molar-refractivity contribution in [3.05, 3.63) is 48.7 Å². The van der Waals surface area contributed by atoms with E-state index in [1.54, 1.807) is 18.3 Å². The minimum atomic E-state index is -0.179. The van der Waals surface area contributed by atoms with Gasteiger partial charge in [-0.1, -0.05) is 18.2 Å². The lowest BCUT2D eigenvalue weighted by atomic mass is 10.1. The molecule has 2 N–H and O–H groups in total. The topological polar surface area (TPSA) is 66.2 Å². The first-order valence-electron chi connectivity index (χ1n) is 5.49. The lowest BCUT2D eigenvalue weighted by Crippen LogP contribution is -1.88. The molecule has 0 bridgehead atoms. The van der Waals surface area contributed by atoms with E-state index in [4.69, 9.17) is 0 Å². The first-order valence-corrected chi connectivity index (χ1v) is 5.49. The molecule has 0 unspecified atom stereocenters. The highest BCUT2D eigenvalue weighted by molar-refractivity contribution is 5.78. The van der Waals surface area contributed by atoms with Crippen molar-refractivity contribution >= 4 is 11.0 Å². The SMILES string of the molecule is Oc1cccc(-c2cnc3ccccc3n2)c1O. The van der Waals surface area contributed by atoms with Gasteiger partial charge in [0.1, 0.15) is 0 Å². The second-order valence-corrected chi connectivity index (χ2v) is 3.92. The van der Waals surface area contributed by atoms with Crippen molar-refractivity contribution in [3.8, 4) is 22.8 Å². The fourth-order valence-corrected chi connectivity index (χ4v) is 1.82. The summed E-state index contributed by atoms with van der Waals surface area (Å²) in [4.78, 5) is 8.69. The molecule has 18 heavy (non-hydrogen) atoms. The van der Waals surface area contributed by atoms with Crippen molar-refractivity contribution in [1.29, 1.82) is 0 Å². The highest BCUT2D eigenvalue weighted by Crippen LogP contribution is 2.35. The van der Waals surface area contributed by atoms with Crippen LogP contribution in [0.25, 0.3) is 22.3 Å². The summed E-state index contributed by atoms with van der Waals surface area (Å²) in [6.45, 7) is 0. The molecule has 88 valence electrons. The van der Waals surface area contributed by atoms with Gasteiger partial charge < -0.3 is 10.2 Å². The number of para-hydroxylation sites is 3. The number of hydrogen-bond donors (Lipinski definition) is 2. The largest absolute Gasteiger partial charge is 0.504 e. The van der Waals surface area contributed by atoms with E-state index < -0.39 is 0 Å². The van der Waals surface area contributed by atoms with Crippen LogP contribution >= 0.6 is 0 Å². The number of phenolic OH excluding ortho intramolecular Hbond substituents is 2.